The minimum atomic E-state index is -0.881. The Morgan fingerprint density at radius 2 is 1.29 bits per heavy atom. The lowest BCUT2D eigenvalue weighted by Crippen LogP contribution is -2.38. The number of carbonyl (C=O) groups excluding carboxylic acids is 2. The summed E-state index contributed by atoms with van der Waals surface area (Å²) in [6, 6.07) is 47.3. The second kappa shape index (κ2) is 12.5. The number of aldehydes is 1. The quantitative estimate of drug-likeness (QED) is 0.126. The molecular weight excluding hydrogens is 608 g/mol. The second-order valence-corrected chi connectivity index (χ2v) is 11.8. The van der Waals surface area contributed by atoms with E-state index in [2.05, 4.69) is 56.4 Å². The van der Waals surface area contributed by atoms with Crippen molar-refractivity contribution in [1.82, 2.24) is 30.0 Å². The van der Waals surface area contributed by atoms with E-state index in [1.165, 1.54) is 0 Å². The molecule has 8 nitrogen and oxygen atoms in total. The number of carbonyl (C=O) groups is 2. The summed E-state index contributed by atoms with van der Waals surface area (Å²) in [5.74, 6) is -0.375. The third-order valence-corrected chi connectivity index (χ3v) is 8.93. The van der Waals surface area contributed by atoms with Gasteiger partial charge in [-0.1, -0.05) is 121 Å². The molecule has 8 heteroatoms. The fourth-order valence-corrected chi connectivity index (χ4v) is 6.68. The molecule has 0 saturated heterocycles. The van der Waals surface area contributed by atoms with E-state index in [1.807, 2.05) is 97.1 Å². The van der Waals surface area contributed by atoms with Crippen LogP contribution in [-0.2, 0) is 10.3 Å². The number of H-pyrrole nitrogens is 1. The average molecular weight is 639 g/mol. The summed E-state index contributed by atoms with van der Waals surface area (Å²) in [5, 5.41) is 9.10. The summed E-state index contributed by atoms with van der Waals surface area (Å²) in [6.07, 6.45) is 4.23. The standard InChI is InChI=1S/C41H30N6O2/c48-27-36(28-13-5-1-6-14-28)45-40(49)39-43-34-25-33-37(26-35(34)44-39)47(46-38(33)29-21-23-42-24-22-29)41(30-15-7-2-8-16-30,31-17-9-3-10-18-31)32-19-11-4-12-20-32/h1-27,36H,(H,43,44)(H,45,49). The fourth-order valence-electron chi connectivity index (χ4n) is 6.68. The first kappa shape index (κ1) is 29.7. The number of nitrogens with one attached hydrogen (secondary N) is 2. The van der Waals surface area contributed by atoms with Gasteiger partial charge in [0.2, 0.25) is 0 Å². The van der Waals surface area contributed by atoms with Crippen molar-refractivity contribution in [2.45, 2.75) is 11.6 Å². The SMILES string of the molecule is O=CC(NC(=O)c1nc2cc3c(-c4ccncc4)nn(C(c4ccccc4)(c4ccccc4)c4ccccc4)c3cc2[nH]1)c1ccccc1. The smallest absolute Gasteiger partial charge is 0.287 e. The largest absolute Gasteiger partial charge is 0.336 e. The molecular formula is C41H30N6O2. The zero-order chi connectivity index (χ0) is 33.2. The van der Waals surface area contributed by atoms with E-state index in [-0.39, 0.29) is 5.82 Å². The molecule has 3 aromatic heterocycles. The summed E-state index contributed by atoms with van der Waals surface area (Å²) >= 11 is 0. The first-order chi connectivity index (χ1) is 24.2. The van der Waals surface area contributed by atoms with Crippen molar-refractivity contribution in [3.63, 3.8) is 0 Å². The van der Waals surface area contributed by atoms with Crippen molar-refractivity contribution >= 4 is 34.1 Å². The minimum absolute atomic E-state index is 0.107. The number of imidazole rings is 1. The highest BCUT2D eigenvalue weighted by atomic mass is 16.2. The topological polar surface area (TPSA) is 106 Å². The Kier molecular flexibility index (Phi) is 7.58. The van der Waals surface area contributed by atoms with Gasteiger partial charge in [-0.05, 0) is 46.5 Å². The van der Waals surface area contributed by atoms with Gasteiger partial charge in [0.1, 0.15) is 23.6 Å². The highest BCUT2D eigenvalue weighted by Gasteiger charge is 2.41. The van der Waals surface area contributed by atoms with E-state index in [0.29, 0.717) is 16.6 Å². The monoisotopic (exact) mass is 638 g/mol. The molecule has 8 aromatic rings. The highest BCUT2D eigenvalue weighted by Crippen LogP contribution is 2.44. The van der Waals surface area contributed by atoms with Gasteiger partial charge < -0.3 is 15.1 Å². The predicted molar refractivity (Wildman–Crippen MR) is 190 cm³/mol. The number of aromatic nitrogens is 5. The van der Waals surface area contributed by atoms with Crippen LogP contribution in [0.5, 0.6) is 0 Å². The van der Waals surface area contributed by atoms with Crippen LogP contribution >= 0.6 is 0 Å². The normalized spacial score (nSPS) is 12.2. The summed E-state index contributed by atoms with van der Waals surface area (Å²) in [6.45, 7) is 0. The Balaban J connectivity index is 1.38. The molecule has 8 rings (SSSR count). The Morgan fingerprint density at radius 3 is 1.84 bits per heavy atom. The first-order valence-electron chi connectivity index (χ1n) is 16.0. The molecule has 0 saturated carbocycles. The van der Waals surface area contributed by atoms with Crippen molar-refractivity contribution < 1.29 is 9.59 Å². The molecule has 0 aliphatic heterocycles. The molecule has 0 spiro atoms. The van der Waals surface area contributed by atoms with Gasteiger partial charge >= 0.3 is 0 Å². The van der Waals surface area contributed by atoms with E-state index in [9.17, 15) is 9.59 Å². The number of hydrogen-bond acceptors (Lipinski definition) is 5. The van der Waals surface area contributed by atoms with Gasteiger partial charge in [-0.3, -0.25) is 9.78 Å². The third-order valence-electron chi connectivity index (χ3n) is 8.93. The molecule has 3 heterocycles. The maximum Gasteiger partial charge on any atom is 0.287 e. The van der Waals surface area contributed by atoms with Crippen LogP contribution in [0.1, 0.15) is 38.9 Å². The zero-order valence-corrected chi connectivity index (χ0v) is 26.3. The van der Waals surface area contributed by atoms with Crippen LogP contribution in [0.2, 0.25) is 0 Å². The minimum Gasteiger partial charge on any atom is -0.336 e. The Morgan fingerprint density at radius 1 is 0.735 bits per heavy atom. The number of nitrogens with zero attached hydrogens (tertiary/aromatic N) is 4. The highest BCUT2D eigenvalue weighted by molar-refractivity contribution is 6.03. The van der Waals surface area contributed by atoms with E-state index in [4.69, 9.17) is 10.1 Å². The van der Waals surface area contributed by atoms with E-state index in [0.717, 1.165) is 45.1 Å². The van der Waals surface area contributed by atoms with Gasteiger partial charge in [-0.25, -0.2) is 9.67 Å². The first-order valence-corrected chi connectivity index (χ1v) is 16.0. The third kappa shape index (κ3) is 5.16. The summed E-state index contributed by atoms with van der Waals surface area (Å²) in [5.41, 5.74) is 6.64. The van der Waals surface area contributed by atoms with E-state index >= 15 is 0 Å². The van der Waals surface area contributed by atoms with Crippen LogP contribution in [0, 0.1) is 0 Å². The van der Waals surface area contributed by atoms with Crippen molar-refractivity contribution in [3.05, 3.63) is 186 Å². The second-order valence-electron chi connectivity index (χ2n) is 11.8. The van der Waals surface area contributed by atoms with Crippen LogP contribution in [0.15, 0.2) is 158 Å². The molecule has 5 aromatic carbocycles. The zero-order valence-electron chi connectivity index (χ0n) is 26.3. The fraction of sp³-hybridized carbons (Fsp3) is 0.0488. The molecule has 49 heavy (non-hydrogen) atoms. The molecule has 0 radical (unpaired) electrons. The Hall–Kier alpha value is -6.67. The molecule has 0 fully saturated rings. The Bertz CT molecular complexity index is 2290. The summed E-state index contributed by atoms with van der Waals surface area (Å²) < 4.78 is 2.09. The summed E-state index contributed by atoms with van der Waals surface area (Å²) in [4.78, 5) is 37.6. The number of benzene rings is 5. The Labute approximate surface area is 282 Å². The van der Waals surface area contributed by atoms with Gasteiger partial charge in [-0.2, -0.15) is 5.10 Å². The van der Waals surface area contributed by atoms with E-state index < -0.39 is 17.5 Å². The van der Waals surface area contributed by atoms with Crippen molar-refractivity contribution in [2.24, 2.45) is 0 Å². The van der Waals surface area contributed by atoms with Gasteiger partial charge in [0, 0.05) is 23.3 Å². The van der Waals surface area contributed by atoms with Gasteiger partial charge in [-0.15, -0.1) is 0 Å². The molecule has 0 bridgehead atoms. The van der Waals surface area contributed by atoms with Crippen molar-refractivity contribution in [2.75, 3.05) is 0 Å². The van der Waals surface area contributed by atoms with Crippen LogP contribution in [0.25, 0.3) is 33.2 Å². The number of fused-ring (bicyclic) bond motifs is 2. The van der Waals surface area contributed by atoms with Gasteiger partial charge in [0.05, 0.1) is 16.6 Å². The van der Waals surface area contributed by atoms with Crippen LogP contribution in [0.4, 0.5) is 0 Å². The number of hydrogen-bond donors (Lipinski definition) is 2. The number of rotatable bonds is 9. The van der Waals surface area contributed by atoms with Gasteiger partial charge in [0.15, 0.2) is 5.82 Å². The average Bonchev–Trinajstić information content (AvgIpc) is 3.77. The van der Waals surface area contributed by atoms with E-state index in [1.54, 1.807) is 24.5 Å². The maximum absolute atomic E-state index is 13.5. The lowest BCUT2D eigenvalue weighted by atomic mass is 9.77. The van der Waals surface area contributed by atoms with Crippen molar-refractivity contribution in [1.29, 1.82) is 0 Å². The number of pyridine rings is 1. The lowest BCUT2D eigenvalue weighted by molar-refractivity contribution is -0.109. The van der Waals surface area contributed by atoms with Crippen molar-refractivity contribution in [3.8, 4) is 11.3 Å². The molecule has 0 aliphatic rings. The predicted octanol–water partition coefficient (Wildman–Crippen LogP) is 7.48. The molecule has 1 unspecified atom stereocenters. The van der Waals surface area contributed by atoms with Crippen LogP contribution < -0.4 is 5.32 Å². The number of amides is 1. The molecule has 1 atom stereocenters. The number of aromatic amines is 1. The van der Waals surface area contributed by atoms with Crippen LogP contribution in [0.3, 0.4) is 0 Å². The lowest BCUT2D eigenvalue weighted by Gasteiger charge is -2.37. The molecule has 236 valence electrons. The van der Waals surface area contributed by atoms with Crippen LogP contribution in [-0.4, -0.2) is 36.9 Å². The molecule has 2 N–H and O–H groups in total. The molecule has 0 aliphatic carbocycles. The summed E-state index contributed by atoms with van der Waals surface area (Å²) in [7, 11) is 0. The molecule has 1 amide bonds. The maximum atomic E-state index is 13.5. The van der Waals surface area contributed by atoms with Gasteiger partial charge in [0.25, 0.3) is 5.91 Å².